The molecule has 2 rings (SSSR count). The number of nitrogens with two attached hydrogens (primary N) is 1. The summed E-state index contributed by atoms with van der Waals surface area (Å²) in [4.78, 5) is 12.9. The number of rotatable bonds is 9. The molecule has 0 aromatic heterocycles. The number of nitrogens with zero attached hydrogens (tertiary/aromatic N) is 2. The summed E-state index contributed by atoms with van der Waals surface area (Å²) in [6, 6.07) is 11.5. The van der Waals surface area contributed by atoms with Gasteiger partial charge in [0.05, 0.1) is 25.8 Å². The Bertz CT molecular complexity index is 904. The molecule has 0 fully saturated rings. The van der Waals surface area contributed by atoms with Gasteiger partial charge >= 0.3 is 6.18 Å². The standard InChI is InChI=1S/C23H26F3N3O2/c1-15(2)14-20(22(28)30)29(13-12-27)21(23(24,25)26)18-6-4-16(5-7-18)17-8-10-19(31-3)11-9-17/h4-11,15,20-21H,13-14H2,1-3H3,(H2,28,30)/t20-,21-/m0/s1. The van der Waals surface area contributed by atoms with Crippen LogP contribution >= 0.6 is 0 Å². The van der Waals surface area contributed by atoms with Gasteiger partial charge in [-0.2, -0.15) is 18.4 Å². The van der Waals surface area contributed by atoms with Crippen molar-refractivity contribution in [3.63, 3.8) is 0 Å². The van der Waals surface area contributed by atoms with E-state index < -0.39 is 30.7 Å². The van der Waals surface area contributed by atoms with Crippen molar-refractivity contribution in [3.8, 4) is 22.9 Å². The average Bonchev–Trinajstić information content (AvgIpc) is 2.71. The van der Waals surface area contributed by atoms with Gasteiger partial charge in [-0.05, 0) is 41.2 Å². The first kappa shape index (κ1) is 24.2. The SMILES string of the molecule is COc1ccc(-c2ccc([C@H](N(CC#N)[C@@H](CC(C)C)C(N)=O)C(F)(F)F)cc2)cc1. The van der Waals surface area contributed by atoms with E-state index in [4.69, 9.17) is 10.5 Å². The number of hydrogen-bond donors (Lipinski definition) is 1. The Balaban J connectivity index is 2.46. The monoisotopic (exact) mass is 433 g/mol. The lowest BCUT2D eigenvalue weighted by Crippen LogP contribution is -2.51. The molecule has 0 radical (unpaired) electrons. The summed E-state index contributed by atoms with van der Waals surface area (Å²) in [6.07, 6.45) is -4.59. The fraction of sp³-hybridized carbons (Fsp3) is 0.391. The van der Waals surface area contributed by atoms with E-state index in [1.165, 1.54) is 12.1 Å². The topological polar surface area (TPSA) is 79.3 Å². The minimum absolute atomic E-state index is 0.0602. The average molecular weight is 433 g/mol. The van der Waals surface area contributed by atoms with Gasteiger partial charge in [0.25, 0.3) is 0 Å². The zero-order valence-electron chi connectivity index (χ0n) is 17.7. The molecule has 2 atom stereocenters. The number of amides is 1. The second-order valence-electron chi connectivity index (χ2n) is 7.67. The Kier molecular flexibility index (Phi) is 8.06. The molecule has 31 heavy (non-hydrogen) atoms. The van der Waals surface area contributed by atoms with Crippen molar-refractivity contribution >= 4 is 5.91 Å². The number of ether oxygens (including phenoxy) is 1. The van der Waals surface area contributed by atoms with Crippen LogP contribution < -0.4 is 10.5 Å². The van der Waals surface area contributed by atoms with E-state index in [1.807, 2.05) is 12.1 Å². The first-order chi connectivity index (χ1) is 14.6. The molecule has 0 saturated heterocycles. The third-order valence-corrected chi connectivity index (χ3v) is 4.97. The first-order valence-corrected chi connectivity index (χ1v) is 9.81. The Hall–Kier alpha value is -3.05. The summed E-state index contributed by atoms with van der Waals surface area (Å²) < 4.78 is 47.5. The Morgan fingerprint density at radius 1 is 1.10 bits per heavy atom. The zero-order valence-corrected chi connectivity index (χ0v) is 17.7. The first-order valence-electron chi connectivity index (χ1n) is 9.81. The molecule has 0 unspecified atom stereocenters. The lowest BCUT2D eigenvalue weighted by molar-refractivity contribution is -0.192. The number of carbonyl (C=O) groups is 1. The molecule has 0 saturated carbocycles. The summed E-state index contributed by atoms with van der Waals surface area (Å²) in [5.41, 5.74) is 6.92. The Labute approximate surface area is 180 Å². The van der Waals surface area contributed by atoms with E-state index >= 15 is 0 Å². The Morgan fingerprint density at radius 2 is 1.61 bits per heavy atom. The maximum atomic E-state index is 14.1. The predicted molar refractivity (Wildman–Crippen MR) is 112 cm³/mol. The molecule has 1 amide bonds. The van der Waals surface area contributed by atoms with Crippen LogP contribution in [0.1, 0.15) is 31.9 Å². The van der Waals surface area contributed by atoms with Crippen molar-refractivity contribution in [2.24, 2.45) is 11.7 Å². The molecule has 0 spiro atoms. The minimum atomic E-state index is -4.71. The van der Waals surface area contributed by atoms with Crippen LogP contribution in [0.5, 0.6) is 5.75 Å². The molecule has 2 aromatic carbocycles. The summed E-state index contributed by atoms with van der Waals surface area (Å²) in [5.74, 6) is -0.287. The lowest BCUT2D eigenvalue weighted by Gasteiger charge is -2.37. The summed E-state index contributed by atoms with van der Waals surface area (Å²) in [6.45, 7) is 2.99. The number of alkyl halides is 3. The van der Waals surface area contributed by atoms with Crippen LogP contribution in [0, 0.1) is 17.2 Å². The minimum Gasteiger partial charge on any atom is -0.497 e. The van der Waals surface area contributed by atoms with Crippen LogP contribution in [0.15, 0.2) is 48.5 Å². The smallest absolute Gasteiger partial charge is 0.408 e. The van der Waals surface area contributed by atoms with Gasteiger partial charge < -0.3 is 10.5 Å². The van der Waals surface area contributed by atoms with Gasteiger partial charge in [0.1, 0.15) is 11.8 Å². The summed E-state index contributed by atoms with van der Waals surface area (Å²) in [5, 5.41) is 9.18. The van der Waals surface area contributed by atoms with E-state index in [0.29, 0.717) is 5.75 Å². The zero-order chi connectivity index (χ0) is 23.2. The van der Waals surface area contributed by atoms with Crippen molar-refractivity contribution < 1.29 is 22.7 Å². The van der Waals surface area contributed by atoms with Crippen molar-refractivity contribution in [1.29, 1.82) is 5.26 Å². The molecule has 0 heterocycles. The van der Waals surface area contributed by atoms with Crippen LogP contribution in [-0.4, -0.2) is 36.7 Å². The highest BCUT2D eigenvalue weighted by Crippen LogP contribution is 2.40. The molecule has 2 aromatic rings. The van der Waals surface area contributed by atoms with Crippen molar-refractivity contribution in [2.45, 2.75) is 38.5 Å². The molecular formula is C23H26F3N3O2. The molecule has 166 valence electrons. The van der Waals surface area contributed by atoms with E-state index in [1.54, 1.807) is 51.3 Å². The van der Waals surface area contributed by atoms with E-state index in [-0.39, 0.29) is 17.9 Å². The molecular weight excluding hydrogens is 407 g/mol. The number of halogens is 3. The lowest BCUT2D eigenvalue weighted by atomic mass is 9.95. The van der Waals surface area contributed by atoms with Crippen LogP contribution in [0.2, 0.25) is 0 Å². The van der Waals surface area contributed by atoms with E-state index in [2.05, 4.69) is 0 Å². The van der Waals surface area contributed by atoms with Crippen LogP contribution in [0.25, 0.3) is 11.1 Å². The van der Waals surface area contributed by atoms with E-state index in [9.17, 15) is 23.2 Å². The normalized spacial score (nSPS) is 13.6. The predicted octanol–water partition coefficient (Wildman–Crippen LogP) is 4.69. The molecule has 2 N–H and O–H groups in total. The molecule has 0 aliphatic rings. The van der Waals surface area contributed by atoms with Gasteiger partial charge in [0.2, 0.25) is 5.91 Å². The van der Waals surface area contributed by atoms with Gasteiger partial charge in [-0.15, -0.1) is 0 Å². The maximum absolute atomic E-state index is 14.1. The third-order valence-electron chi connectivity index (χ3n) is 4.97. The highest BCUT2D eigenvalue weighted by molar-refractivity contribution is 5.80. The maximum Gasteiger partial charge on any atom is 0.408 e. The van der Waals surface area contributed by atoms with E-state index in [0.717, 1.165) is 16.0 Å². The van der Waals surface area contributed by atoms with Gasteiger partial charge in [-0.3, -0.25) is 9.69 Å². The van der Waals surface area contributed by atoms with Gasteiger partial charge in [-0.25, -0.2) is 0 Å². The highest BCUT2D eigenvalue weighted by Gasteiger charge is 2.47. The van der Waals surface area contributed by atoms with Gasteiger partial charge in [0.15, 0.2) is 0 Å². The van der Waals surface area contributed by atoms with Crippen molar-refractivity contribution in [2.75, 3.05) is 13.7 Å². The van der Waals surface area contributed by atoms with Gasteiger partial charge in [0, 0.05) is 0 Å². The molecule has 0 bridgehead atoms. The van der Waals surface area contributed by atoms with Gasteiger partial charge in [-0.1, -0.05) is 50.2 Å². The second-order valence-corrected chi connectivity index (χ2v) is 7.67. The summed E-state index contributed by atoms with van der Waals surface area (Å²) in [7, 11) is 1.55. The largest absolute Gasteiger partial charge is 0.497 e. The second kappa shape index (κ2) is 10.3. The number of hydrogen-bond acceptors (Lipinski definition) is 4. The molecule has 8 heteroatoms. The van der Waals surface area contributed by atoms with Crippen molar-refractivity contribution in [1.82, 2.24) is 4.90 Å². The van der Waals surface area contributed by atoms with Crippen molar-refractivity contribution in [3.05, 3.63) is 54.1 Å². The number of methoxy groups -OCH3 is 1. The fourth-order valence-electron chi connectivity index (χ4n) is 3.53. The molecule has 0 aliphatic heterocycles. The number of benzene rings is 2. The highest BCUT2D eigenvalue weighted by atomic mass is 19.4. The van der Waals surface area contributed by atoms with Crippen LogP contribution in [0.4, 0.5) is 13.2 Å². The number of carbonyl (C=O) groups excluding carboxylic acids is 1. The molecule has 0 aliphatic carbocycles. The van der Waals surface area contributed by atoms with Crippen LogP contribution in [0.3, 0.4) is 0 Å². The third kappa shape index (κ3) is 6.22. The number of primary amides is 1. The molecule has 5 nitrogen and oxygen atoms in total. The van der Waals surface area contributed by atoms with Crippen LogP contribution in [-0.2, 0) is 4.79 Å². The number of nitriles is 1. The fourth-order valence-corrected chi connectivity index (χ4v) is 3.53. The summed E-state index contributed by atoms with van der Waals surface area (Å²) >= 11 is 0. The Morgan fingerprint density at radius 3 is 2.00 bits per heavy atom. The quantitative estimate of drug-likeness (QED) is 0.582.